The highest BCUT2D eigenvalue weighted by Gasteiger charge is 2.18. The van der Waals surface area contributed by atoms with Crippen molar-refractivity contribution in [3.05, 3.63) is 36.4 Å². The number of nitrogens with zero attached hydrogens (tertiary/aromatic N) is 2. The molecule has 11 heteroatoms. The number of ether oxygens (including phenoxy) is 2. The number of methoxy groups -OCH3 is 2. The topological polar surface area (TPSA) is 107 Å². The lowest BCUT2D eigenvalue weighted by Gasteiger charge is -2.07. The highest BCUT2D eigenvalue weighted by atomic mass is 32.2. The third-order valence-corrected chi connectivity index (χ3v) is 6.91. The highest BCUT2D eigenvalue weighted by molar-refractivity contribution is 8.01. The number of sulfonamides is 1. The Kier molecular flexibility index (Phi) is 5.82. The predicted molar refractivity (Wildman–Crippen MR) is 104 cm³/mol. The van der Waals surface area contributed by atoms with E-state index in [-0.39, 0.29) is 15.8 Å². The fraction of sp³-hybridized carbons (Fsp3) is 0.188. The summed E-state index contributed by atoms with van der Waals surface area (Å²) in [5, 5.41) is 9.41. The molecule has 0 amide bonds. The second-order valence-corrected chi connectivity index (χ2v) is 9.10. The molecule has 27 heavy (non-hydrogen) atoms. The maximum absolute atomic E-state index is 12.6. The molecule has 3 aromatic rings. The number of carbonyl (C=O) groups is 1. The molecule has 0 bridgehead atoms. The third kappa shape index (κ3) is 4.67. The molecule has 1 aromatic heterocycles. The number of fused-ring (bicyclic) bond motifs is 1. The number of aromatic nitrogens is 2. The van der Waals surface area contributed by atoms with Crippen LogP contribution in [0.15, 0.2) is 45.6 Å². The van der Waals surface area contributed by atoms with E-state index in [9.17, 15) is 13.2 Å². The maximum atomic E-state index is 12.6. The summed E-state index contributed by atoms with van der Waals surface area (Å²) in [6.07, 6.45) is 0. The molecule has 142 valence electrons. The molecule has 0 aliphatic heterocycles. The van der Waals surface area contributed by atoms with Crippen LogP contribution in [0.25, 0.3) is 10.8 Å². The minimum Gasteiger partial charge on any atom is -0.497 e. The van der Waals surface area contributed by atoms with Gasteiger partial charge in [0.25, 0.3) is 10.0 Å². The van der Waals surface area contributed by atoms with E-state index in [2.05, 4.69) is 19.7 Å². The fourth-order valence-corrected chi connectivity index (χ4v) is 5.01. The molecule has 0 unspecified atom stereocenters. The largest absolute Gasteiger partial charge is 0.497 e. The summed E-state index contributed by atoms with van der Waals surface area (Å²) in [5.41, 5.74) is 0. The zero-order valence-corrected chi connectivity index (χ0v) is 16.8. The van der Waals surface area contributed by atoms with E-state index in [1.807, 2.05) is 6.07 Å². The summed E-state index contributed by atoms with van der Waals surface area (Å²) in [7, 11) is -0.950. The van der Waals surface area contributed by atoms with Crippen LogP contribution in [0.3, 0.4) is 0 Å². The summed E-state index contributed by atoms with van der Waals surface area (Å²) in [4.78, 5) is 11.3. The van der Waals surface area contributed by atoms with Gasteiger partial charge in [0.2, 0.25) is 5.13 Å². The zero-order valence-electron chi connectivity index (χ0n) is 14.3. The second kappa shape index (κ2) is 8.11. The predicted octanol–water partition coefficient (Wildman–Crippen LogP) is 2.77. The smallest absolute Gasteiger partial charge is 0.316 e. The molecule has 0 saturated carbocycles. The Labute approximate surface area is 164 Å². The summed E-state index contributed by atoms with van der Waals surface area (Å²) < 4.78 is 37.8. The van der Waals surface area contributed by atoms with Crippen LogP contribution in [0.5, 0.6) is 5.75 Å². The van der Waals surface area contributed by atoms with Gasteiger partial charge in [-0.15, -0.1) is 10.2 Å². The Balaban J connectivity index is 1.77. The normalized spacial score (nSPS) is 11.3. The van der Waals surface area contributed by atoms with Gasteiger partial charge in [0, 0.05) is 0 Å². The molecule has 3 rings (SSSR count). The van der Waals surface area contributed by atoms with E-state index in [1.54, 1.807) is 31.4 Å². The molecule has 0 aliphatic carbocycles. The average Bonchev–Trinajstić information content (AvgIpc) is 3.11. The minimum atomic E-state index is -3.82. The molecular weight excluding hydrogens is 410 g/mol. The van der Waals surface area contributed by atoms with Crippen LogP contribution < -0.4 is 9.46 Å². The average molecular weight is 426 g/mol. The number of thioether (sulfide) groups is 1. The molecule has 8 nitrogen and oxygen atoms in total. The van der Waals surface area contributed by atoms with E-state index in [1.165, 1.54) is 13.2 Å². The van der Waals surface area contributed by atoms with Crippen molar-refractivity contribution >= 4 is 55.0 Å². The van der Waals surface area contributed by atoms with E-state index >= 15 is 0 Å². The Bertz CT molecular complexity index is 1080. The number of carbonyl (C=O) groups excluding carboxylic acids is 1. The van der Waals surface area contributed by atoms with Crippen molar-refractivity contribution in [1.82, 2.24) is 10.2 Å². The van der Waals surface area contributed by atoms with Gasteiger partial charge in [0.15, 0.2) is 4.34 Å². The first-order valence-electron chi connectivity index (χ1n) is 7.55. The van der Waals surface area contributed by atoms with Crippen molar-refractivity contribution in [3.63, 3.8) is 0 Å². The van der Waals surface area contributed by atoms with Gasteiger partial charge in [-0.25, -0.2) is 8.42 Å². The lowest BCUT2D eigenvalue weighted by Crippen LogP contribution is -2.12. The number of nitrogens with one attached hydrogen (secondary N) is 1. The first-order valence-corrected chi connectivity index (χ1v) is 10.8. The quantitative estimate of drug-likeness (QED) is 0.455. The molecule has 0 radical (unpaired) electrons. The maximum Gasteiger partial charge on any atom is 0.316 e. The van der Waals surface area contributed by atoms with Crippen molar-refractivity contribution in [2.75, 3.05) is 24.7 Å². The number of anilines is 1. The molecule has 1 N–H and O–H groups in total. The lowest BCUT2D eigenvalue weighted by molar-refractivity contribution is -0.137. The Morgan fingerprint density at radius 2 is 1.89 bits per heavy atom. The Morgan fingerprint density at radius 3 is 2.63 bits per heavy atom. The van der Waals surface area contributed by atoms with Crippen molar-refractivity contribution in [2.45, 2.75) is 9.24 Å². The SMILES string of the molecule is COC(=O)CSc1nnc(NS(=O)(=O)c2ccc3cc(OC)ccc3c2)s1. The molecule has 0 spiro atoms. The van der Waals surface area contributed by atoms with Crippen molar-refractivity contribution < 1.29 is 22.7 Å². The standard InChI is InChI=1S/C16H15N3O5S3/c1-23-12-5-3-11-8-13(6-4-10(11)7-12)27(21,22)19-15-17-18-16(26-15)25-9-14(20)24-2/h3-8H,9H2,1-2H3,(H,17,19). The second-order valence-electron chi connectivity index (χ2n) is 5.22. The minimum absolute atomic E-state index is 0.0754. The molecule has 2 aromatic carbocycles. The van der Waals surface area contributed by atoms with Gasteiger partial charge in [0.1, 0.15) is 5.75 Å². The zero-order chi connectivity index (χ0) is 19.4. The van der Waals surface area contributed by atoms with E-state index < -0.39 is 16.0 Å². The molecule has 0 saturated heterocycles. The van der Waals surface area contributed by atoms with Gasteiger partial charge in [-0.05, 0) is 35.0 Å². The summed E-state index contributed by atoms with van der Waals surface area (Å²) >= 11 is 2.17. The number of benzene rings is 2. The van der Waals surface area contributed by atoms with E-state index in [0.717, 1.165) is 33.9 Å². The van der Waals surface area contributed by atoms with Gasteiger partial charge < -0.3 is 9.47 Å². The third-order valence-electron chi connectivity index (χ3n) is 3.50. The first-order chi connectivity index (χ1) is 12.9. The number of hydrogen-bond acceptors (Lipinski definition) is 9. The van der Waals surface area contributed by atoms with Gasteiger partial charge in [-0.1, -0.05) is 35.2 Å². The summed E-state index contributed by atoms with van der Waals surface area (Å²) in [6.45, 7) is 0. The van der Waals surface area contributed by atoms with Crippen LogP contribution in [-0.2, 0) is 19.6 Å². The molecule has 0 atom stereocenters. The van der Waals surface area contributed by atoms with Crippen molar-refractivity contribution in [3.8, 4) is 5.75 Å². The summed E-state index contributed by atoms with van der Waals surface area (Å²) in [5.74, 6) is 0.374. The van der Waals surface area contributed by atoms with Crippen LogP contribution in [0.4, 0.5) is 5.13 Å². The molecular formula is C16H15N3O5S3. The monoisotopic (exact) mass is 425 g/mol. The van der Waals surface area contributed by atoms with Crippen molar-refractivity contribution in [2.24, 2.45) is 0 Å². The van der Waals surface area contributed by atoms with Crippen LogP contribution in [-0.4, -0.2) is 44.6 Å². The van der Waals surface area contributed by atoms with Crippen LogP contribution in [0, 0.1) is 0 Å². The number of rotatable bonds is 7. The Hall–Kier alpha value is -2.37. The van der Waals surface area contributed by atoms with Crippen LogP contribution in [0.1, 0.15) is 0 Å². The van der Waals surface area contributed by atoms with Gasteiger partial charge >= 0.3 is 5.97 Å². The van der Waals surface area contributed by atoms with E-state index in [0.29, 0.717) is 10.1 Å². The number of esters is 1. The van der Waals surface area contributed by atoms with Gasteiger partial charge in [0.05, 0.1) is 24.9 Å². The van der Waals surface area contributed by atoms with Gasteiger partial charge in [-0.3, -0.25) is 9.52 Å². The van der Waals surface area contributed by atoms with Crippen molar-refractivity contribution in [1.29, 1.82) is 0 Å². The molecule has 0 fully saturated rings. The summed E-state index contributed by atoms with van der Waals surface area (Å²) in [6, 6.07) is 10.2. The first kappa shape index (κ1) is 19.4. The highest BCUT2D eigenvalue weighted by Crippen LogP contribution is 2.28. The fourth-order valence-electron chi connectivity index (χ4n) is 2.16. The molecule has 1 heterocycles. The molecule has 0 aliphatic rings. The van der Waals surface area contributed by atoms with Crippen LogP contribution >= 0.6 is 23.1 Å². The number of hydrogen-bond donors (Lipinski definition) is 1. The lowest BCUT2D eigenvalue weighted by atomic mass is 10.1. The van der Waals surface area contributed by atoms with Crippen LogP contribution in [0.2, 0.25) is 0 Å². The van der Waals surface area contributed by atoms with Gasteiger partial charge in [-0.2, -0.15) is 0 Å². The Morgan fingerprint density at radius 1 is 1.15 bits per heavy atom. The van der Waals surface area contributed by atoms with E-state index in [4.69, 9.17) is 4.74 Å².